The fraction of sp³-hybridized carbons (Fsp3) is 0.500. The number of primary amides is 1. The number of carbonyl (C=O) groups is 1. The summed E-state index contributed by atoms with van der Waals surface area (Å²) in [5.41, 5.74) is 13.1. The normalized spacial score (nSPS) is 10.7. The van der Waals surface area contributed by atoms with Gasteiger partial charge in [-0.1, -0.05) is 6.92 Å². The lowest BCUT2D eigenvalue weighted by molar-refractivity contribution is 0.100. The zero-order chi connectivity index (χ0) is 14.4. The molecule has 0 aliphatic rings. The first-order valence-electron chi connectivity index (χ1n) is 6.54. The van der Waals surface area contributed by atoms with Crippen LogP contribution in [0, 0.1) is 0 Å². The maximum absolute atomic E-state index is 11.6. The van der Waals surface area contributed by atoms with Gasteiger partial charge in [-0.25, -0.2) is 0 Å². The Hall–Kier alpha value is -1.75. The highest BCUT2D eigenvalue weighted by atomic mass is 16.1. The Morgan fingerprint density at radius 2 is 1.89 bits per heavy atom. The summed E-state index contributed by atoms with van der Waals surface area (Å²) in [7, 11) is 4.06. The van der Waals surface area contributed by atoms with Crippen LogP contribution in [0.1, 0.15) is 23.7 Å². The monoisotopic (exact) mass is 264 g/mol. The Labute approximate surface area is 115 Å². The van der Waals surface area contributed by atoms with Crippen molar-refractivity contribution < 1.29 is 4.79 Å². The maximum Gasteiger partial charge on any atom is 0.250 e. The van der Waals surface area contributed by atoms with Crippen molar-refractivity contribution in [3.63, 3.8) is 0 Å². The van der Waals surface area contributed by atoms with Gasteiger partial charge in [0.15, 0.2) is 0 Å². The third kappa shape index (κ3) is 4.44. The number of hydrogen-bond donors (Lipinski definition) is 2. The van der Waals surface area contributed by atoms with E-state index in [9.17, 15) is 4.79 Å². The molecule has 0 bridgehead atoms. The molecule has 0 unspecified atom stereocenters. The number of amides is 1. The first-order valence-corrected chi connectivity index (χ1v) is 6.54. The highest BCUT2D eigenvalue weighted by Gasteiger charge is 2.14. The van der Waals surface area contributed by atoms with Gasteiger partial charge in [-0.3, -0.25) is 4.79 Å². The van der Waals surface area contributed by atoms with Gasteiger partial charge < -0.3 is 21.3 Å². The van der Waals surface area contributed by atoms with Crippen LogP contribution in [0.5, 0.6) is 0 Å². The molecule has 106 valence electrons. The minimum absolute atomic E-state index is 0.437. The Bertz CT molecular complexity index is 431. The molecular weight excluding hydrogens is 240 g/mol. The Morgan fingerprint density at radius 3 is 2.42 bits per heavy atom. The smallest absolute Gasteiger partial charge is 0.250 e. The average Bonchev–Trinajstić information content (AvgIpc) is 2.34. The summed E-state index contributed by atoms with van der Waals surface area (Å²) in [6.45, 7) is 4.77. The number of nitrogens with zero attached hydrogens (tertiary/aromatic N) is 2. The third-order valence-electron chi connectivity index (χ3n) is 2.94. The van der Waals surface area contributed by atoms with Crippen molar-refractivity contribution >= 4 is 17.3 Å². The van der Waals surface area contributed by atoms with E-state index in [1.807, 2.05) is 20.2 Å². The van der Waals surface area contributed by atoms with E-state index in [4.69, 9.17) is 11.5 Å². The lowest BCUT2D eigenvalue weighted by Crippen LogP contribution is -2.33. The molecule has 0 spiro atoms. The maximum atomic E-state index is 11.6. The molecule has 0 saturated carbocycles. The summed E-state index contributed by atoms with van der Waals surface area (Å²) >= 11 is 0. The molecule has 0 radical (unpaired) electrons. The lowest BCUT2D eigenvalue weighted by atomic mass is 10.1. The van der Waals surface area contributed by atoms with Gasteiger partial charge in [-0.15, -0.1) is 0 Å². The standard InChI is InChI=1S/C14H24N4O/c1-4-7-18(9-8-17(2)3)13-6-5-11(15)10-12(13)14(16)19/h5-6,10H,4,7-9,15H2,1-3H3,(H2,16,19). The predicted molar refractivity (Wildman–Crippen MR) is 80.4 cm³/mol. The highest BCUT2D eigenvalue weighted by molar-refractivity contribution is 5.99. The number of hydrogen-bond acceptors (Lipinski definition) is 4. The first kappa shape index (κ1) is 15.3. The van der Waals surface area contributed by atoms with Crippen LogP contribution in [-0.4, -0.2) is 44.5 Å². The van der Waals surface area contributed by atoms with E-state index in [-0.39, 0.29) is 0 Å². The van der Waals surface area contributed by atoms with Crippen LogP contribution < -0.4 is 16.4 Å². The summed E-state index contributed by atoms with van der Waals surface area (Å²) in [5, 5.41) is 0. The van der Waals surface area contributed by atoms with Crippen molar-refractivity contribution in [1.82, 2.24) is 4.90 Å². The molecule has 1 rings (SSSR count). The molecule has 1 aromatic rings. The van der Waals surface area contributed by atoms with Crippen molar-refractivity contribution in [1.29, 1.82) is 0 Å². The van der Waals surface area contributed by atoms with Gasteiger partial charge in [-0.2, -0.15) is 0 Å². The largest absolute Gasteiger partial charge is 0.399 e. The van der Waals surface area contributed by atoms with Crippen LogP contribution in [0.25, 0.3) is 0 Å². The number of likely N-dealkylation sites (N-methyl/N-ethyl adjacent to an activating group) is 1. The number of nitrogens with two attached hydrogens (primary N) is 2. The molecule has 0 heterocycles. The lowest BCUT2D eigenvalue weighted by Gasteiger charge is -2.27. The molecule has 1 amide bonds. The fourth-order valence-electron chi connectivity index (χ4n) is 1.97. The number of carbonyl (C=O) groups excluding carboxylic acids is 1. The van der Waals surface area contributed by atoms with E-state index in [1.165, 1.54) is 0 Å². The Kier molecular flexibility index (Phi) is 5.63. The number of anilines is 2. The number of nitrogen functional groups attached to an aromatic ring is 1. The van der Waals surface area contributed by atoms with Crippen LogP contribution in [0.15, 0.2) is 18.2 Å². The Morgan fingerprint density at radius 1 is 1.21 bits per heavy atom. The van der Waals surface area contributed by atoms with Crippen LogP contribution >= 0.6 is 0 Å². The summed E-state index contributed by atoms with van der Waals surface area (Å²) in [4.78, 5) is 15.8. The van der Waals surface area contributed by atoms with Gasteiger partial charge >= 0.3 is 0 Å². The van der Waals surface area contributed by atoms with Crippen molar-refractivity contribution in [3.8, 4) is 0 Å². The van der Waals surface area contributed by atoms with Crippen LogP contribution in [0.2, 0.25) is 0 Å². The fourth-order valence-corrected chi connectivity index (χ4v) is 1.97. The molecule has 0 aliphatic carbocycles. The van der Waals surface area contributed by atoms with E-state index in [0.717, 1.165) is 31.7 Å². The second kappa shape index (κ2) is 6.99. The quantitative estimate of drug-likeness (QED) is 0.724. The summed E-state index contributed by atoms with van der Waals surface area (Å²) in [6.07, 6.45) is 1.01. The molecule has 0 atom stereocenters. The van der Waals surface area contributed by atoms with Gasteiger partial charge in [0.05, 0.1) is 5.56 Å². The van der Waals surface area contributed by atoms with E-state index >= 15 is 0 Å². The molecule has 19 heavy (non-hydrogen) atoms. The van der Waals surface area contributed by atoms with Gasteiger partial charge in [-0.05, 0) is 38.7 Å². The molecule has 0 fully saturated rings. The van der Waals surface area contributed by atoms with Crippen molar-refractivity contribution in [2.75, 3.05) is 44.4 Å². The molecule has 0 aliphatic heterocycles. The van der Waals surface area contributed by atoms with Crippen LogP contribution in [-0.2, 0) is 0 Å². The van der Waals surface area contributed by atoms with Gasteiger partial charge in [0.2, 0.25) is 0 Å². The summed E-state index contributed by atoms with van der Waals surface area (Å²) < 4.78 is 0. The first-order chi connectivity index (χ1) is 8.95. The van der Waals surface area contributed by atoms with Crippen LogP contribution in [0.4, 0.5) is 11.4 Å². The molecule has 4 N–H and O–H groups in total. The topological polar surface area (TPSA) is 75.6 Å². The average molecular weight is 264 g/mol. The molecule has 5 heteroatoms. The minimum Gasteiger partial charge on any atom is -0.399 e. The second-order valence-corrected chi connectivity index (χ2v) is 4.93. The Balaban J connectivity index is 3.03. The predicted octanol–water partition coefficient (Wildman–Crippen LogP) is 1.15. The van der Waals surface area contributed by atoms with Crippen molar-refractivity contribution in [2.24, 2.45) is 5.73 Å². The highest BCUT2D eigenvalue weighted by Crippen LogP contribution is 2.23. The number of rotatable bonds is 7. The van der Waals surface area contributed by atoms with Gasteiger partial charge in [0.1, 0.15) is 0 Å². The van der Waals surface area contributed by atoms with E-state index in [2.05, 4.69) is 16.7 Å². The van der Waals surface area contributed by atoms with Gasteiger partial charge in [0, 0.05) is 31.0 Å². The molecule has 0 aromatic heterocycles. The van der Waals surface area contributed by atoms with Crippen molar-refractivity contribution in [2.45, 2.75) is 13.3 Å². The van der Waals surface area contributed by atoms with Crippen LogP contribution in [0.3, 0.4) is 0 Å². The van der Waals surface area contributed by atoms with Gasteiger partial charge in [0.25, 0.3) is 5.91 Å². The molecular formula is C14H24N4O. The second-order valence-electron chi connectivity index (χ2n) is 4.93. The zero-order valence-electron chi connectivity index (χ0n) is 12.0. The van der Waals surface area contributed by atoms with E-state index in [0.29, 0.717) is 11.3 Å². The molecule has 1 aromatic carbocycles. The van der Waals surface area contributed by atoms with E-state index in [1.54, 1.807) is 12.1 Å². The van der Waals surface area contributed by atoms with E-state index < -0.39 is 5.91 Å². The minimum atomic E-state index is -0.437. The molecule has 5 nitrogen and oxygen atoms in total. The molecule has 0 saturated heterocycles. The van der Waals surface area contributed by atoms with Crippen molar-refractivity contribution in [3.05, 3.63) is 23.8 Å². The SMILES string of the molecule is CCCN(CCN(C)C)c1ccc(N)cc1C(N)=O. The summed E-state index contributed by atoms with van der Waals surface area (Å²) in [5.74, 6) is -0.437. The third-order valence-corrected chi connectivity index (χ3v) is 2.94. The summed E-state index contributed by atoms with van der Waals surface area (Å²) in [6, 6.07) is 5.33. The zero-order valence-corrected chi connectivity index (χ0v) is 12.0. The number of benzene rings is 1.